The lowest BCUT2D eigenvalue weighted by atomic mass is 9.90. The first kappa shape index (κ1) is 16.0. The molecule has 2 saturated heterocycles. The van der Waals surface area contributed by atoms with Crippen LogP contribution in [-0.2, 0) is 0 Å². The zero-order chi connectivity index (χ0) is 14.0. The van der Waals surface area contributed by atoms with Crippen LogP contribution < -0.4 is 5.32 Å². The van der Waals surface area contributed by atoms with E-state index in [0.29, 0.717) is 11.2 Å². The fraction of sp³-hybridized carbons (Fsp3) is 0.600. The molecule has 0 radical (unpaired) electrons. The minimum absolute atomic E-state index is 0. The monoisotopic (exact) mass is 311 g/mol. The fourth-order valence-corrected chi connectivity index (χ4v) is 3.85. The molecular weight excluding hydrogens is 290 g/mol. The van der Waals surface area contributed by atoms with E-state index < -0.39 is 0 Å². The normalized spacial score (nSPS) is 19.8. The minimum Gasteiger partial charge on any atom is -0.379 e. The van der Waals surface area contributed by atoms with Gasteiger partial charge in [-0.05, 0) is 51.3 Å². The molecule has 3 rings (SSSR count). The summed E-state index contributed by atoms with van der Waals surface area (Å²) in [6.45, 7) is 3.26. The van der Waals surface area contributed by atoms with E-state index >= 15 is 0 Å². The van der Waals surface area contributed by atoms with Crippen molar-refractivity contribution in [1.82, 2.24) is 4.90 Å². The fourth-order valence-electron chi connectivity index (χ4n) is 3.85. The Labute approximate surface area is 131 Å². The summed E-state index contributed by atoms with van der Waals surface area (Å²) in [4.78, 5) is 13.3. The van der Waals surface area contributed by atoms with Crippen molar-refractivity contribution in [2.24, 2.45) is 0 Å². The van der Waals surface area contributed by atoms with E-state index in [9.17, 15) is 10.1 Å². The Balaban J connectivity index is 0.00000161. The SMILES string of the molecule is Cl.O=[N+]([O-])c1ccccc1NCCC12CCCN1CCC2. The van der Waals surface area contributed by atoms with Crippen LogP contribution in [0.3, 0.4) is 0 Å². The molecule has 21 heavy (non-hydrogen) atoms. The van der Waals surface area contributed by atoms with Crippen LogP contribution in [0.1, 0.15) is 32.1 Å². The van der Waals surface area contributed by atoms with Gasteiger partial charge in [0.1, 0.15) is 5.69 Å². The van der Waals surface area contributed by atoms with Crippen molar-refractivity contribution >= 4 is 23.8 Å². The number of nitrogens with zero attached hydrogens (tertiary/aromatic N) is 2. The van der Waals surface area contributed by atoms with Gasteiger partial charge in [-0.1, -0.05) is 12.1 Å². The molecular formula is C15H22ClN3O2. The summed E-state index contributed by atoms with van der Waals surface area (Å²) in [6.07, 6.45) is 6.24. The number of rotatable bonds is 5. The van der Waals surface area contributed by atoms with Crippen LogP contribution in [0.25, 0.3) is 0 Å². The molecule has 0 atom stereocenters. The largest absolute Gasteiger partial charge is 0.379 e. The summed E-state index contributed by atoms with van der Waals surface area (Å²) >= 11 is 0. The molecule has 0 amide bonds. The van der Waals surface area contributed by atoms with Crippen molar-refractivity contribution in [3.8, 4) is 0 Å². The summed E-state index contributed by atoms with van der Waals surface area (Å²) in [5.74, 6) is 0. The Morgan fingerprint density at radius 1 is 1.24 bits per heavy atom. The number of hydrogen-bond donors (Lipinski definition) is 1. The Bertz CT molecular complexity index is 499. The smallest absolute Gasteiger partial charge is 0.292 e. The van der Waals surface area contributed by atoms with Crippen molar-refractivity contribution in [2.75, 3.05) is 25.0 Å². The van der Waals surface area contributed by atoms with Gasteiger partial charge in [0.25, 0.3) is 5.69 Å². The van der Waals surface area contributed by atoms with Gasteiger partial charge in [0, 0.05) is 18.2 Å². The Morgan fingerprint density at radius 2 is 1.90 bits per heavy atom. The van der Waals surface area contributed by atoms with Crippen molar-refractivity contribution in [3.05, 3.63) is 34.4 Å². The first-order chi connectivity index (χ1) is 9.71. The molecule has 1 aromatic rings. The standard InChI is InChI=1S/C15H21N3O2.ClH/c19-18(20)14-6-2-1-5-13(14)16-10-9-15-7-3-11-17(15)12-4-8-15;/h1-2,5-6,16H,3-4,7-12H2;1H. The van der Waals surface area contributed by atoms with Gasteiger partial charge in [0.15, 0.2) is 0 Å². The summed E-state index contributed by atoms with van der Waals surface area (Å²) in [5.41, 5.74) is 1.17. The lowest BCUT2D eigenvalue weighted by Gasteiger charge is -2.32. The molecule has 6 heteroatoms. The van der Waals surface area contributed by atoms with Gasteiger partial charge in [0.2, 0.25) is 0 Å². The molecule has 116 valence electrons. The number of hydrogen-bond acceptors (Lipinski definition) is 4. The van der Waals surface area contributed by atoms with E-state index in [1.54, 1.807) is 18.2 Å². The number of anilines is 1. The molecule has 0 spiro atoms. The third-order valence-corrected chi connectivity index (χ3v) is 4.82. The van der Waals surface area contributed by atoms with Crippen LogP contribution in [0.5, 0.6) is 0 Å². The Kier molecular flexibility index (Phi) is 5.06. The molecule has 1 N–H and O–H groups in total. The van der Waals surface area contributed by atoms with Crippen LogP contribution in [0.2, 0.25) is 0 Å². The average Bonchev–Trinajstić information content (AvgIpc) is 2.98. The summed E-state index contributed by atoms with van der Waals surface area (Å²) in [6, 6.07) is 6.89. The number of nitro benzene ring substituents is 1. The van der Waals surface area contributed by atoms with Crippen molar-refractivity contribution in [3.63, 3.8) is 0 Å². The molecule has 5 nitrogen and oxygen atoms in total. The summed E-state index contributed by atoms with van der Waals surface area (Å²) in [5, 5.41) is 14.2. The molecule has 0 unspecified atom stereocenters. The topological polar surface area (TPSA) is 58.4 Å². The van der Waals surface area contributed by atoms with E-state index in [-0.39, 0.29) is 23.0 Å². The maximum atomic E-state index is 11.0. The molecule has 0 aliphatic carbocycles. The van der Waals surface area contributed by atoms with Crippen LogP contribution >= 0.6 is 12.4 Å². The van der Waals surface area contributed by atoms with Crippen molar-refractivity contribution < 1.29 is 4.92 Å². The first-order valence-electron chi connectivity index (χ1n) is 7.44. The number of halogens is 1. The zero-order valence-electron chi connectivity index (χ0n) is 12.1. The number of benzene rings is 1. The van der Waals surface area contributed by atoms with E-state index in [0.717, 1.165) is 13.0 Å². The number of fused-ring (bicyclic) bond motifs is 1. The summed E-state index contributed by atoms with van der Waals surface area (Å²) < 4.78 is 0. The van der Waals surface area contributed by atoms with Crippen LogP contribution in [-0.4, -0.2) is 35.0 Å². The minimum atomic E-state index is -0.321. The maximum absolute atomic E-state index is 11.0. The molecule has 2 aliphatic heterocycles. The van der Waals surface area contributed by atoms with Crippen molar-refractivity contribution in [2.45, 2.75) is 37.6 Å². The lowest BCUT2D eigenvalue weighted by Crippen LogP contribution is -2.39. The lowest BCUT2D eigenvalue weighted by molar-refractivity contribution is -0.384. The molecule has 2 aliphatic rings. The molecule has 2 fully saturated rings. The van der Waals surface area contributed by atoms with Crippen LogP contribution in [0.4, 0.5) is 11.4 Å². The Morgan fingerprint density at radius 3 is 2.57 bits per heavy atom. The molecule has 0 saturated carbocycles. The average molecular weight is 312 g/mol. The second-order valence-electron chi connectivity index (χ2n) is 5.87. The van der Waals surface area contributed by atoms with E-state index in [4.69, 9.17) is 0 Å². The van der Waals surface area contributed by atoms with Crippen LogP contribution in [0, 0.1) is 10.1 Å². The van der Waals surface area contributed by atoms with Gasteiger partial charge in [-0.25, -0.2) is 0 Å². The van der Waals surface area contributed by atoms with Gasteiger partial charge < -0.3 is 5.32 Å². The van der Waals surface area contributed by atoms with E-state index in [1.807, 2.05) is 6.07 Å². The second-order valence-corrected chi connectivity index (χ2v) is 5.87. The highest BCUT2D eigenvalue weighted by molar-refractivity contribution is 5.85. The van der Waals surface area contributed by atoms with Gasteiger partial charge >= 0.3 is 0 Å². The maximum Gasteiger partial charge on any atom is 0.292 e. The predicted molar refractivity (Wildman–Crippen MR) is 86.2 cm³/mol. The zero-order valence-corrected chi connectivity index (χ0v) is 12.9. The highest BCUT2D eigenvalue weighted by Crippen LogP contribution is 2.41. The van der Waals surface area contributed by atoms with E-state index in [1.165, 1.54) is 38.8 Å². The summed E-state index contributed by atoms with van der Waals surface area (Å²) in [7, 11) is 0. The third kappa shape index (κ3) is 3.14. The number of para-hydroxylation sites is 2. The second kappa shape index (κ2) is 6.62. The van der Waals surface area contributed by atoms with Crippen LogP contribution in [0.15, 0.2) is 24.3 Å². The van der Waals surface area contributed by atoms with Gasteiger partial charge in [-0.2, -0.15) is 0 Å². The molecule has 1 aromatic carbocycles. The number of nitrogens with one attached hydrogen (secondary N) is 1. The van der Waals surface area contributed by atoms with Gasteiger partial charge in [0.05, 0.1) is 4.92 Å². The molecule has 0 bridgehead atoms. The van der Waals surface area contributed by atoms with Gasteiger partial charge in [-0.3, -0.25) is 15.0 Å². The first-order valence-corrected chi connectivity index (χ1v) is 7.44. The molecule has 2 heterocycles. The predicted octanol–water partition coefficient (Wildman–Crippen LogP) is 3.45. The van der Waals surface area contributed by atoms with Crippen molar-refractivity contribution in [1.29, 1.82) is 0 Å². The number of nitro groups is 1. The molecule has 0 aromatic heterocycles. The Hall–Kier alpha value is -1.33. The third-order valence-electron chi connectivity index (χ3n) is 4.82. The highest BCUT2D eigenvalue weighted by atomic mass is 35.5. The van der Waals surface area contributed by atoms with E-state index in [2.05, 4.69) is 10.2 Å². The highest BCUT2D eigenvalue weighted by Gasteiger charge is 2.43. The quantitative estimate of drug-likeness (QED) is 0.668. The van der Waals surface area contributed by atoms with Gasteiger partial charge in [-0.15, -0.1) is 12.4 Å².